The average molecular weight is 295 g/mol. The summed E-state index contributed by atoms with van der Waals surface area (Å²) in [5.74, 6) is -0.381. The van der Waals surface area contributed by atoms with E-state index in [1.165, 1.54) is 6.20 Å². The van der Waals surface area contributed by atoms with Crippen LogP contribution in [0.4, 0.5) is 4.79 Å². The van der Waals surface area contributed by atoms with Crippen LogP contribution in [0.3, 0.4) is 0 Å². The maximum Gasteiger partial charge on any atom is 0.418 e. The first-order valence-electron chi connectivity index (χ1n) is 6.85. The summed E-state index contributed by atoms with van der Waals surface area (Å²) < 4.78 is 5.97. The van der Waals surface area contributed by atoms with Crippen LogP contribution in [-0.4, -0.2) is 33.1 Å². The Morgan fingerprint density at radius 3 is 2.81 bits per heavy atom. The van der Waals surface area contributed by atoms with Gasteiger partial charge in [-0.05, 0) is 6.42 Å². The molecule has 1 saturated heterocycles. The Hall–Kier alpha value is -2.38. The number of H-pyrrole nitrogens is 1. The van der Waals surface area contributed by atoms with E-state index < -0.39 is 23.5 Å². The molecule has 0 bridgehead atoms. The normalized spacial score (nSPS) is 17.9. The minimum atomic E-state index is -0.851. The summed E-state index contributed by atoms with van der Waals surface area (Å²) >= 11 is 0. The molecule has 0 saturated carbocycles. The molecule has 1 aliphatic heterocycles. The number of aromatic nitrogens is 2. The van der Waals surface area contributed by atoms with Crippen molar-refractivity contribution >= 4 is 12.0 Å². The van der Waals surface area contributed by atoms with Gasteiger partial charge in [0.1, 0.15) is 6.61 Å². The average Bonchev–Trinajstić information content (AvgIpc) is 2.80. The molecule has 2 rings (SSSR count). The summed E-state index contributed by atoms with van der Waals surface area (Å²) in [6.45, 7) is 1.90. The fourth-order valence-corrected chi connectivity index (χ4v) is 2.19. The Bertz CT molecular complexity index is 648. The third-order valence-corrected chi connectivity index (χ3v) is 3.29. The van der Waals surface area contributed by atoms with Gasteiger partial charge in [-0.15, -0.1) is 0 Å². The van der Waals surface area contributed by atoms with Crippen molar-refractivity contribution in [3.8, 4) is 0 Å². The zero-order chi connectivity index (χ0) is 15.4. The first-order chi connectivity index (χ1) is 10.0. The zero-order valence-electron chi connectivity index (χ0n) is 11.7. The maximum absolute atomic E-state index is 12.1. The van der Waals surface area contributed by atoms with Gasteiger partial charge < -0.3 is 4.74 Å². The molecule has 2 heterocycles. The lowest BCUT2D eigenvalue weighted by molar-refractivity contribution is -0.130. The fraction of sp³-hybridized carbons (Fsp3) is 0.538. The molecular weight excluding hydrogens is 278 g/mol. The van der Waals surface area contributed by atoms with Gasteiger partial charge >= 0.3 is 11.8 Å². The lowest BCUT2D eigenvalue weighted by Gasteiger charge is -2.20. The van der Waals surface area contributed by atoms with Gasteiger partial charge in [0.2, 0.25) is 5.91 Å². The largest absolute Gasteiger partial charge is 0.445 e. The number of carbonyl (C=O) groups excluding carboxylic acids is 2. The first kappa shape index (κ1) is 15.0. The van der Waals surface area contributed by atoms with E-state index in [2.05, 4.69) is 4.98 Å². The number of rotatable bonds is 5. The third-order valence-electron chi connectivity index (χ3n) is 3.29. The molecule has 1 aliphatic rings. The van der Waals surface area contributed by atoms with Crippen LogP contribution >= 0.6 is 0 Å². The predicted molar refractivity (Wildman–Crippen MR) is 72.7 cm³/mol. The monoisotopic (exact) mass is 295 g/mol. The number of imide groups is 1. The third kappa shape index (κ3) is 3.21. The second kappa shape index (κ2) is 6.38. The van der Waals surface area contributed by atoms with E-state index in [4.69, 9.17) is 4.74 Å². The topological polar surface area (TPSA) is 101 Å². The summed E-state index contributed by atoms with van der Waals surface area (Å²) in [5.41, 5.74) is -1.22. The van der Waals surface area contributed by atoms with E-state index in [1.54, 1.807) is 0 Å². The van der Waals surface area contributed by atoms with E-state index in [9.17, 15) is 19.2 Å². The number of aromatic amines is 1. The number of nitrogens with zero attached hydrogens (tertiary/aromatic N) is 2. The van der Waals surface area contributed by atoms with Crippen LogP contribution in [0.1, 0.15) is 38.8 Å². The number of ether oxygens (including phenoxy) is 1. The highest BCUT2D eigenvalue weighted by atomic mass is 16.6. The van der Waals surface area contributed by atoms with Crippen molar-refractivity contribution in [2.75, 3.05) is 6.61 Å². The van der Waals surface area contributed by atoms with Crippen molar-refractivity contribution in [2.45, 2.75) is 38.8 Å². The van der Waals surface area contributed by atoms with E-state index in [0.29, 0.717) is 6.42 Å². The zero-order valence-corrected chi connectivity index (χ0v) is 11.7. The molecular formula is C13H17N3O5. The SMILES string of the molecule is CCCCCC(=O)N1C(=O)OCC1n1ccc(=O)[nH]c1=O. The molecule has 8 heteroatoms. The van der Waals surface area contributed by atoms with Crippen LogP contribution in [0.15, 0.2) is 21.9 Å². The van der Waals surface area contributed by atoms with Crippen molar-refractivity contribution in [1.29, 1.82) is 0 Å². The van der Waals surface area contributed by atoms with E-state index >= 15 is 0 Å². The van der Waals surface area contributed by atoms with Gasteiger partial charge in [0.05, 0.1) is 0 Å². The number of nitrogens with one attached hydrogen (secondary N) is 1. The van der Waals surface area contributed by atoms with Crippen LogP contribution in [-0.2, 0) is 9.53 Å². The van der Waals surface area contributed by atoms with Gasteiger partial charge in [0.15, 0.2) is 6.17 Å². The van der Waals surface area contributed by atoms with Crippen molar-refractivity contribution in [2.24, 2.45) is 0 Å². The van der Waals surface area contributed by atoms with Crippen LogP contribution in [0, 0.1) is 0 Å². The molecule has 0 radical (unpaired) electrons. The van der Waals surface area contributed by atoms with Gasteiger partial charge in [0, 0.05) is 18.7 Å². The molecule has 114 valence electrons. The molecule has 0 aliphatic carbocycles. The minimum absolute atomic E-state index is 0.107. The second-order valence-electron chi connectivity index (χ2n) is 4.80. The molecule has 21 heavy (non-hydrogen) atoms. The highest BCUT2D eigenvalue weighted by Gasteiger charge is 2.39. The predicted octanol–water partition coefficient (Wildman–Crippen LogP) is 0.594. The van der Waals surface area contributed by atoms with Gasteiger partial charge in [-0.25, -0.2) is 14.5 Å². The van der Waals surface area contributed by atoms with Crippen LogP contribution < -0.4 is 11.2 Å². The van der Waals surface area contributed by atoms with Crippen molar-refractivity contribution in [1.82, 2.24) is 14.5 Å². The quantitative estimate of drug-likeness (QED) is 0.801. The Morgan fingerprint density at radius 1 is 1.38 bits per heavy atom. The molecule has 1 atom stereocenters. The second-order valence-corrected chi connectivity index (χ2v) is 4.80. The van der Waals surface area contributed by atoms with E-state index in [-0.39, 0.29) is 18.9 Å². The summed E-state index contributed by atoms with van der Waals surface area (Å²) in [5, 5.41) is 0. The van der Waals surface area contributed by atoms with Gasteiger partial charge in [-0.1, -0.05) is 19.8 Å². The van der Waals surface area contributed by atoms with Crippen molar-refractivity contribution < 1.29 is 14.3 Å². The number of carbonyl (C=O) groups is 2. The number of cyclic esters (lactones) is 1. The van der Waals surface area contributed by atoms with E-state index in [1.807, 2.05) is 6.92 Å². The first-order valence-corrected chi connectivity index (χ1v) is 6.85. The highest BCUT2D eigenvalue weighted by molar-refractivity contribution is 5.93. The molecule has 0 spiro atoms. The Labute approximate surface area is 120 Å². The summed E-state index contributed by atoms with van der Waals surface area (Å²) in [7, 11) is 0. The van der Waals surface area contributed by atoms with Crippen molar-refractivity contribution in [3.63, 3.8) is 0 Å². The van der Waals surface area contributed by atoms with Crippen LogP contribution in [0.25, 0.3) is 0 Å². The van der Waals surface area contributed by atoms with Crippen LogP contribution in [0.2, 0.25) is 0 Å². The summed E-state index contributed by atoms with van der Waals surface area (Å²) in [6.07, 6.45) is 2.37. The molecule has 1 fully saturated rings. The highest BCUT2D eigenvalue weighted by Crippen LogP contribution is 2.22. The smallest absolute Gasteiger partial charge is 0.418 e. The van der Waals surface area contributed by atoms with Crippen LogP contribution in [0.5, 0.6) is 0 Å². The van der Waals surface area contributed by atoms with Gasteiger partial charge in [0.25, 0.3) is 5.56 Å². The molecule has 0 aromatic carbocycles. The number of unbranched alkanes of at least 4 members (excludes halogenated alkanes) is 2. The minimum Gasteiger partial charge on any atom is -0.445 e. The molecule has 2 amide bonds. The lowest BCUT2D eigenvalue weighted by Crippen LogP contribution is -2.42. The molecule has 1 aromatic rings. The number of amides is 2. The number of hydrogen-bond acceptors (Lipinski definition) is 5. The van der Waals surface area contributed by atoms with E-state index in [0.717, 1.165) is 28.4 Å². The Kier molecular flexibility index (Phi) is 4.56. The van der Waals surface area contributed by atoms with Gasteiger partial charge in [-0.3, -0.25) is 19.1 Å². The lowest BCUT2D eigenvalue weighted by atomic mass is 10.2. The maximum atomic E-state index is 12.1. The van der Waals surface area contributed by atoms with Crippen molar-refractivity contribution in [3.05, 3.63) is 33.1 Å². The molecule has 1 unspecified atom stereocenters. The summed E-state index contributed by atoms with van der Waals surface area (Å²) in [6, 6.07) is 1.16. The standard InChI is InChI=1S/C13H17N3O5/c1-2-3-4-5-11(18)16-10(8-21-13(16)20)15-7-6-9(17)14-12(15)19/h6-7,10H,2-5,8H2,1H3,(H,14,17,19). The summed E-state index contributed by atoms with van der Waals surface area (Å²) in [4.78, 5) is 49.7. The Balaban J connectivity index is 2.22. The molecule has 1 aromatic heterocycles. The molecule has 1 N–H and O–H groups in total. The number of hydrogen-bond donors (Lipinski definition) is 1. The fourth-order valence-electron chi connectivity index (χ4n) is 2.19. The van der Waals surface area contributed by atoms with Gasteiger partial charge in [-0.2, -0.15) is 0 Å². The molecule has 8 nitrogen and oxygen atoms in total. The Morgan fingerprint density at radius 2 is 2.14 bits per heavy atom.